The van der Waals surface area contributed by atoms with Crippen molar-refractivity contribution in [2.24, 2.45) is 0 Å². The summed E-state index contributed by atoms with van der Waals surface area (Å²) in [5.41, 5.74) is 4.37. The van der Waals surface area contributed by atoms with Crippen LogP contribution in [0, 0.1) is 28.1 Å². The van der Waals surface area contributed by atoms with Crippen molar-refractivity contribution in [2.75, 3.05) is 13.2 Å². The van der Waals surface area contributed by atoms with E-state index in [1.165, 1.54) is 6.08 Å². The van der Waals surface area contributed by atoms with E-state index in [9.17, 15) is 15.3 Å². The van der Waals surface area contributed by atoms with Gasteiger partial charge in [0.25, 0.3) is 0 Å². The van der Waals surface area contributed by atoms with Crippen molar-refractivity contribution in [1.82, 2.24) is 0 Å². The van der Waals surface area contributed by atoms with E-state index < -0.39 is 5.97 Å². The quantitative estimate of drug-likeness (QED) is 0.0208. The molecule has 5 aromatic carbocycles. The summed E-state index contributed by atoms with van der Waals surface area (Å²) in [6.07, 6.45) is 6.70. The number of ether oxygens (including phenoxy) is 5. The van der Waals surface area contributed by atoms with E-state index in [4.69, 9.17) is 29.1 Å². The number of esters is 1. The molecule has 0 aromatic heterocycles. The lowest BCUT2D eigenvalue weighted by molar-refractivity contribution is -0.137. The highest BCUT2D eigenvalue weighted by Crippen LogP contribution is 2.30. The van der Waals surface area contributed by atoms with E-state index in [0.717, 1.165) is 70.5 Å². The van der Waals surface area contributed by atoms with Crippen molar-refractivity contribution in [3.63, 3.8) is 0 Å². The number of aryl methyl sites for hydroxylation is 1. The zero-order chi connectivity index (χ0) is 39.7. The number of nitrogens with one attached hydrogen (secondary N) is 1. The molecule has 0 aliphatic rings. The minimum Gasteiger partial charge on any atom is -0.492 e. The molecular weight excluding hydrogens is 703 g/mol. The van der Waals surface area contributed by atoms with E-state index in [1.807, 2.05) is 60.7 Å². The fourth-order valence-electron chi connectivity index (χ4n) is 5.86. The maximum atomic E-state index is 11.1. The molecule has 1 N–H and O–H groups in total. The maximum absolute atomic E-state index is 11.1. The van der Waals surface area contributed by atoms with Gasteiger partial charge in [-0.25, -0.2) is 4.79 Å². The number of nitrogens with zero attached hydrogens (tertiary/aromatic N) is 2. The van der Waals surface area contributed by atoms with Crippen LogP contribution >= 0.6 is 0 Å². The second kappa shape index (κ2) is 20.4. The van der Waals surface area contributed by atoms with Crippen LogP contribution in [0.15, 0.2) is 135 Å². The topological polar surface area (TPSA) is 135 Å². The summed E-state index contributed by atoms with van der Waals surface area (Å²) >= 11 is 0. The Kier molecular flexibility index (Phi) is 14.6. The number of allylic oxidation sites excluding steroid dienone is 1. The van der Waals surface area contributed by atoms with E-state index in [0.29, 0.717) is 61.2 Å². The van der Waals surface area contributed by atoms with Gasteiger partial charge in [-0.3, -0.25) is 5.41 Å². The van der Waals surface area contributed by atoms with Crippen molar-refractivity contribution in [2.45, 2.75) is 45.1 Å². The van der Waals surface area contributed by atoms with Crippen molar-refractivity contribution < 1.29 is 28.5 Å². The molecule has 9 nitrogen and oxygen atoms in total. The van der Waals surface area contributed by atoms with Gasteiger partial charge in [0.2, 0.25) is 5.90 Å². The first kappa shape index (κ1) is 40.1. The Balaban J connectivity index is 1.10. The molecule has 0 saturated heterocycles. The summed E-state index contributed by atoms with van der Waals surface area (Å²) in [5, 5.41) is 29.5. The largest absolute Gasteiger partial charge is 0.492 e. The monoisotopic (exact) mass is 745 g/mol. The number of unbranched alkanes of at least 4 members (excludes halogenated alkanes) is 3. The fraction of sp³-hybridized carbons (Fsp3) is 0.191. The van der Waals surface area contributed by atoms with Gasteiger partial charge in [-0.15, -0.1) is 0 Å². The summed E-state index contributed by atoms with van der Waals surface area (Å²) in [7, 11) is 0. The normalized spacial score (nSPS) is 10.4. The molecule has 5 rings (SSSR count). The molecule has 0 aliphatic heterocycles. The highest BCUT2D eigenvalue weighted by Gasteiger charge is 2.15. The number of hydrogen-bond donors (Lipinski definition) is 1. The zero-order valence-corrected chi connectivity index (χ0v) is 31.2. The van der Waals surface area contributed by atoms with Gasteiger partial charge in [0.15, 0.2) is 0 Å². The highest BCUT2D eigenvalue weighted by molar-refractivity contribution is 5.88. The molecule has 282 valence electrons. The molecule has 0 atom stereocenters. The van der Waals surface area contributed by atoms with Gasteiger partial charge in [-0.1, -0.05) is 68.3 Å². The van der Waals surface area contributed by atoms with E-state index in [-0.39, 0.29) is 11.5 Å². The van der Waals surface area contributed by atoms with E-state index >= 15 is 0 Å². The third kappa shape index (κ3) is 11.4. The Morgan fingerprint density at radius 1 is 0.679 bits per heavy atom. The molecule has 0 saturated carbocycles. The van der Waals surface area contributed by atoms with Crippen LogP contribution in [0.4, 0.5) is 0 Å². The van der Waals surface area contributed by atoms with Crippen molar-refractivity contribution in [3.05, 3.63) is 157 Å². The average Bonchev–Trinajstić information content (AvgIpc) is 3.23. The van der Waals surface area contributed by atoms with Gasteiger partial charge >= 0.3 is 5.97 Å². The lowest BCUT2D eigenvalue weighted by atomic mass is 9.98. The molecule has 9 heteroatoms. The summed E-state index contributed by atoms with van der Waals surface area (Å²) in [4.78, 5) is 11.1. The van der Waals surface area contributed by atoms with Gasteiger partial charge < -0.3 is 23.7 Å². The Morgan fingerprint density at radius 2 is 1.34 bits per heavy atom. The Morgan fingerprint density at radius 3 is 2.05 bits per heavy atom. The average molecular weight is 746 g/mol. The number of benzene rings is 5. The third-order valence-electron chi connectivity index (χ3n) is 8.86. The van der Waals surface area contributed by atoms with Crippen molar-refractivity contribution in [3.8, 4) is 46.3 Å². The van der Waals surface area contributed by atoms with Crippen LogP contribution in [0.5, 0.6) is 23.0 Å². The van der Waals surface area contributed by atoms with Gasteiger partial charge in [0.05, 0.1) is 24.5 Å². The zero-order valence-electron chi connectivity index (χ0n) is 31.2. The van der Waals surface area contributed by atoms with Gasteiger partial charge in [-0.2, -0.15) is 10.5 Å². The lowest BCUT2D eigenvalue weighted by Gasteiger charge is -2.13. The number of nitriles is 2. The van der Waals surface area contributed by atoms with Crippen molar-refractivity contribution >= 4 is 22.6 Å². The van der Waals surface area contributed by atoms with Crippen molar-refractivity contribution in [1.29, 1.82) is 15.9 Å². The molecule has 5 aromatic rings. The number of hydrogen-bond acceptors (Lipinski definition) is 9. The molecule has 0 heterocycles. The van der Waals surface area contributed by atoms with E-state index in [2.05, 4.69) is 50.1 Å². The van der Waals surface area contributed by atoms with Crippen LogP contribution in [-0.4, -0.2) is 25.1 Å². The van der Waals surface area contributed by atoms with Gasteiger partial charge in [-0.05, 0) is 120 Å². The number of carbonyl (C=O) groups excluding carboxylic acids is 1. The summed E-state index contributed by atoms with van der Waals surface area (Å²) in [6, 6.07) is 35.4. The Hall–Kier alpha value is -7.10. The molecule has 56 heavy (non-hydrogen) atoms. The SMILES string of the molecule is C=CC(=N)Oc1ccc(COc2ccc(-c3ccc4cc(OC(=C)CCc5ccc(OCCCCCCOC(=O)C=C)c(C#N)c5C#N)ccc4c3)cc2)cc1. The standard InChI is InChI=1S/C47H43N3O6/c1-4-46(50)56-41-20-11-34(12-21-41)32-54-40-22-16-35(17-23-40)37-14-15-39-29-42(24-18-38(39)28-37)55-33(3)10-13-36-19-25-45(44(31-49)43(36)30-48)52-26-8-6-7-9-27-53-47(51)5-2/h4-5,11-12,14-25,28-29,50H,1-3,6-10,13,26-27,32H2. The summed E-state index contributed by atoms with van der Waals surface area (Å²) < 4.78 is 28.3. The first-order valence-corrected chi connectivity index (χ1v) is 18.3. The first-order chi connectivity index (χ1) is 27.3. The predicted molar refractivity (Wildman–Crippen MR) is 218 cm³/mol. The molecule has 0 radical (unpaired) electrons. The number of carbonyl (C=O) groups is 1. The molecule has 0 fully saturated rings. The highest BCUT2D eigenvalue weighted by atomic mass is 16.5. The van der Waals surface area contributed by atoms with Crippen LogP contribution in [-0.2, 0) is 22.6 Å². The number of rotatable bonds is 20. The summed E-state index contributed by atoms with van der Waals surface area (Å²) in [5.74, 6) is 2.50. The second-order valence-corrected chi connectivity index (χ2v) is 12.8. The third-order valence-corrected chi connectivity index (χ3v) is 8.86. The number of fused-ring (bicyclic) bond motifs is 1. The van der Waals surface area contributed by atoms with Gasteiger partial charge in [0, 0.05) is 12.5 Å². The first-order valence-electron chi connectivity index (χ1n) is 18.3. The smallest absolute Gasteiger partial charge is 0.330 e. The van der Waals surface area contributed by atoms with Crippen LogP contribution in [0.25, 0.3) is 21.9 Å². The molecule has 0 spiro atoms. The van der Waals surface area contributed by atoms with Crippen LogP contribution in [0.2, 0.25) is 0 Å². The Bertz CT molecular complexity index is 2280. The minimum absolute atomic E-state index is 0.00250. The fourth-order valence-corrected chi connectivity index (χ4v) is 5.86. The summed E-state index contributed by atoms with van der Waals surface area (Å²) in [6.45, 7) is 12.2. The Labute approximate surface area is 327 Å². The van der Waals surface area contributed by atoms with Gasteiger partial charge in [0.1, 0.15) is 47.3 Å². The molecule has 0 aliphatic carbocycles. The van der Waals surface area contributed by atoms with Crippen LogP contribution in [0.1, 0.15) is 54.4 Å². The predicted octanol–water partition coefficient (Wildman–Crippen LogP) is 10.6. The van der Waals surface area contributed by atoms with E-state index in [1.54, 1.807) is 18.2 Å². The van der Waals surface area contributed by atoms with Crippen LogP contribution < -0.4 is 18.9 Å². The molecule has 0 unspecified atom stereocenters. The second-order valence-electron chi connectivity index (χ2n) is 12.8. The molecular formula is C47H43N3O6. The lowest BCUT2D eigenvalue weighted by Crippen LogP contribution is -2.04. The molecule has 0 bridgehead atoms. The van der Waals surface area contributed by atoms with Crippen LogP contribution in [0.3, 0.4) is 0 Å². The minimum atomic E-state index is -0.422. The maximum Gasteiger partial charge on any atom is 0.330 e. The molecule has 0 amide bonds.